The Bertz CT molecular complexity index is 457. The normalized spacial score (nSPS) is 11.3. The van der Waals surface area contributed by atoms with Crippen LogP contribution in [0.25, 0.3) is 0 Å². The zero-order valence-corrected chi connectivity index (χ0v) is 10.4. The Morgan fingerprint density at radius 2 is 1.94 bits per heavy atom. The van der Waals surface area contributed by atoms with E-state index in [9.17, 15) is 22.8 Å². The van der Waals surface area contributed by atoms with Gasteiger partial charge in [-0.1, -0.05) is 0 Å². The number of hydrogen-bond acceptors (Lipinski definition) is 2. The van der Waals surface area contributed by atoms with Crippen molar-refractivity contribution in [1.82, 2.24) is 0 Å². The van der Waals surface area contributed by atoms with Gasteiger partial charge in [0.25, 0.3) is 5.24 Å². The van der Waals surface area contributed by atoms with E-state index in [1.807, 2.05) is 0 Å². The molecule has 0 atom stereocenters. The first-order chi connectivity index (χ1) is 7.27. The first-order valence-electron chi connectivity index (χ1n) is 3.83. The predicted molar refractivity (Wildman–Crippen MR) is 59.7 cm³/mol. The van der Waals surface area contributed by atoms with Crippen molar-refractivity contribution in [2.75, 3.05) is 0 Å². The van der Waals surface area contributed by atoms with Gasteiger partial charge in [0.05, 0.1) is 5.56 Å². The zero-order valence-electron chi connectivity index (χ0n) is 7.44. The zero-order chi connectivity index (χ0) is 12.5. The summed E-state index contributed by atoms with van der Waals surface area (Å²) in [6.45, 7) is 0. The fourth-order valence-corrected chi connectivity index (χ4v) is 1.99. The third-order valence-corrected chi connectivity index (χ3v) is 2.58. The van der Waals surface area contributed by atoms with Gasteiger partial charge in [-0.05, 0) is 46.3 Å². The van der Waals surface area contributed by atoms with Gasteiger partial charge in [-0.15, -0.1) is 0 Å². The summed E-state index contributed by atoms with van der Waals surface area (Å²) in [5, 5.41) is -1.24. The molecule has 0 heterocycles. The lowest BCUT2D eigenvalue weighted by molar-refractivity contribution is -0.138. The molecule has 1 aromatic carbocycles. The van der Waals surface area contributed by atoms with Crippen molar-refractivity contribution in [2.24, 2.45) is 0 Å². The molecule has 0 radical (unpaired) electrons. The molecule has 0 N–H and O–H groups in total. The molecule has 0 fully saturated rings. The predicted octanol–water partition coefficient (Wildman–Crippen LogP) is 3.50. The van der Waals surface area contributed by atoms with Crippen molar-refractivity contribution in [1.29, 1.82) is 0 Å². The molecule has 0 aliphatic rings. The second-order valence-electron chi connectivity index (χ2n) is 2.81. The van der Waals surface area contributed by atoms with E-state index in [2.05, 4.69) is 0 Å². The van der Waals surface area contributed by atoms with Crippen molar-refractivity contribution in [3.8, 4) is 0 Å². The molecule has 0 amide bonds. The van der Waals surface area contributed by atoms with Gasteiger partial charge < -0.3 is 0 Å². The molecular formula is C9H3ClF3IO2. The summed E-state index contributed by atoms with van der Waals surface area (Å²) in [7, 11) is 0. The van der Waals surface area contributed by atoms with Crippen LogP contribution in [-0.4, -0.2) is 11.5 Å². The Morgan fingerprint density at radius 3 is 2.31 bits per heavy atom. The van der Waals surface area contributed by atoms with E-state index in [0.717, 1.165) is 12.1 Å². The maximum atomic E-state index is 12.6. The highest BCUT2D eigenvalue weighted by Gasteiger charge is 2.37. The molecule has 0 aliphatic carbocycles. The quantitative estimate of drug-likeness (QED) is 0.458. The summed E-state index contributed by atoms with van der Waals surface area (Å²) in [6, 6.07) is 2.03. The third kappa shape index (κ3) is 2.73. The second-order valence-corrected chi connectivity index (χ2v) is 4.40. The Hall–Kier alpha value is -0.630. The Morgan fingerprint density at radius 1 is 1.38 bits per heavy atom. The highest BCUT2D eigenvalue weighted by atomic mass is 127. The smallest absolute Gasteiger partial charge is 0.298 e. The van der Waals surface area contributed by atoms with Crippen LogP contribution in [0.3, 0.4) is 0 Å². The number of carbonyl (C=O) groups is 2. The molecule has 0 aliphatic heterocycles. The van der Waals surface area contributed by atoms with Crippen molar-refractivity contribution < 1.29 is 22.8 Å². The van der Waals surface area contributed by atoms with E-state index >= 15 is 0 Å². The van der Waals surface area contributed by atoms with Gasteiger partial charge >= 0.3 is 6.18 Å². The minimum Gasteiger partial charge on any atom is -0.298 e. The number of hydrogen-bond donors (Lipinski definition) is 0. The molecule has 16 heavy (non-hydrogen) atoms. The highest BCUT2D eigenvalue weighted by molar-refractivity contribution is 14.1. The van der Waals surface area contributed by atoms with E-state index in [0.29, 0.717) is 3.57 Å². The number of halogens is 5. The number of alkyl halides is 3. The molecule has 0 saturated carbocycles. The van der Waals surface area contributed by atoms with Crippen LogP contribution in [0.2, 0.25) is 0 Å². The number of aldehydes is 1. The summed E-state index contributed by atoms with van der Waals surface area (Å²) in [4.78, 5) is 21.4. The van der Waals surface area contributed by atoms with E-state index in [1.54, 1.807) is 22.6 Å². The molecular weight excluding hydrogens is 359 g/mol. The van der Waals surface area contributed by atoms with E-state index in [1.165, 1.54) is 0 Å². The van der Waals surface area contributed by atoms with E-state index in [4.69, 9.17) is 11.6 Å². The number of rotatable bonds is 2. The van der Waals surface area contributed by atoms with E-state index < -0.39 is 28.1 Å². The van der Waals surface area contributed by atoms with Gasteiger partial charge in [0.15, 0.2) is 6.29 Å². The fraction of sp³-hybridized carbons (Fsp3) is 0.111. The van der Waals surface area contributed by atoms with Gasteiger partial charge in [-0.3, -0.25) is 9.59 Å². The summed E-state index contributed by atoms with van der Waals surface area (Å²) in [5.74, 6) is 0. The van der Waals surface area contributed by atoms with Crippen molar-refractivity contribution in [2.45, 2.75) is 6.18 Å². The average Bonchev–Trinajstić information content (AvgIpc) is 2.14. The minimum atomic E-state index is -4.79. The van der Waals surface area contributed by atoms with Crippen LogP contribution in [0, 0.1) is 3.57 Å². The topological polar surface area (TPSA) is 34.1 Å². The number of carbonyl (C=O) groups excluding carboxylic acids is 2. The largest absolute Gasteiger partial charge is 0.417 e. The van der Waals surface area contributed by atoms with Crippen molar-refractivity contribution >= 4 is 45.7 Å². The summed E-state index contributed by atoms with van der Waals surface area (Å²) < 4.78 is 38.2. The van der Waals surface area contributed by atoms with Crippen LogP contribution < -0.4 is 0 Å². The first-order valence-corrected chi connectivity index (χ1v) is 5.28. The Kier molecular flexibility index (Phi) is 3.95. The van der Waals surface area contributed by atoms with Gasteiger partial charge in [0.1, 0.15) is 0 Å². The molecule has 0 saturated heterocycles. The van der Waals surface area contributed by atoms with Gasteiger partial charge in [0, 0.05) is 14.7 Å². The lowest BCUT2D eigenvalue weighted by atomic mass is 10.0. The second kappa shape index (κ2) is 4.70. The molecule has 1 aromatic rings. The Balaban J connectivity index is 3.65. The fourth-order valence-electron chi connectivity index (χ4n) is 1.19. The summed E-state index contributed by atoms with van der Waals surface area (Å²) >= 11 is 6.75. The molecule has 2 nitrogen and oxygen atoms in total. The van der Waals surface area contributed by atoms with Crippen LogP contribution >= 0.6 is 34.2 Å². The standard InChI is InChI=1S/C9H3ClF3IO2/c10-8(16)6-2-5(14)1-4(3-15)7(6)9(11,12)13/h1-3H. The van der Waals surface area contributed by atoms with Crippen LogP contribution in [0.4, 0.5) is 13.2 Å². The number of benzene rings is 1. The summed E-state index contributed by atoms with van der Waals surface area (Å²) in [5.41, 5.74) is -2.59. The lowest BCUT2D eigenvalue weighted by Crippen LogP contribution is -2.14. The molecule has 0 unspecified atom stereocenters. The maximum Gasteiger partial charge on any atom is 0.417 e. The van der Waals surface area contributed by atoms with Gasteiger partial charge in [0.2, 0.25) is 0 Å². The van der Waals surface area contributed by atoms with E-state index in [-0.39, 0.29) is 6.29 Å². The van der Waals surface area contributed by atoms with Gasteiger partial charge in [-0.2, -0.15) is 13.2 Å². The van der Waals surface area contributed by atoms with Gasteiger partial charge in [-0.25, -0.2) is 0 Å². The monoisotopic (exact) mass is 362 g/mol. The molecule has 7 heteroatoms. The molecule has 0 spiro atoms. The summed E-state index contributed by atoms with van der Waals surface area (Å²) in [6.07, 6.45) is -4.74. The molecule has 86 valence electrons. The lowest BCUT2D eigenvalue weighted by Gasteiger charge is -2.13. The Labute approximate surface area is 107 Å². The SMILES string of the molecule is O=Cc1cc(I)cc(C(=O)Cl)c1C(F)(F)F. The van der Waals surface area contributed by atoms with Crippen LogP contribution in [0.5, 0.6) is 0 Å². The van der Waals surface area contributed by atoms with Crippen molar-refractivity contribution in [3.63, 3.8) is 0 Å². The average molecular weight is 362 g/mol. The molecule has 0 aromatic heterocycles. The van der Waals surface area contributed by atoms with Crippen LogP contribution in [-0.2, 0) is 6.18 Å². The van der Waals surface area contributed by atoms with Crippen molar-refractivity contribution in [3.05, 3.63) is 32.4 Å². The van der Waals surface area contributed by atoms with Crippen LogP contribution in [0.15, 0.2) is 12.1 Å². The highest BCUT2D eigenvalue weighted by Crippen LogP contribution is 2.35. The minimum absolute atomic E-state index is 0.0499. The third-order valence-electron chi connectivity index (χ3n) is 1.76. The first kappa shape index (κ1) is 13.4. The van der Waals surface area contributed by atoms with Crippen LogP contribution in [0.1, 0.15) is 26.3 Å². The molecule has 1 rings (SSSR count). The molecule has 0 bridgehead atoms. The maximum absolute atomic E-state index is 12.6.